The number of anilines is 1. The maximum absolute atomic E-state index is 12.0. The van der Waals surface area contributed by atoms with E-state index in [4.69, 9.17) is 9.47 Å². The molecule has 0 atom stereocenters. The zero-order valence-corrected chi connectivity index (χ0v) is 11.6. The molecule has 1 aromatic rings. The largest absolute Gasteiger partial charge is 0.339 e. The second-order valence-corrected chi connectivity index (χ2v) is 5.53. The van der Waals surface area contributed by atoms with Crippen molar-refractivity contribution in [3.63, 3.8) is 0 Å². The summed E-state index contributed by atoms with van der Waals surface area (Å²) in [6.45, 7) is 0.774. The van der Waals surface area contributed by atoms with Gasteiger partial charge in [0.1, 0.15) is 0 Å². The highest BCUT2D eigenvalue weighted by Crippen LogP contribution is 2.47. The van der Waals surface area contributed by atoms with Gasteiger partial charge < -0.3 is 14.8 Å². The number of aliphatic imine (C=N–C) groups is 1. The van der Waals surface area contributed by atoms with Crippen LogP contribution in [0.5, 0.6) is 0 Å². The number of fused-ring (bicyclic) bond motifs is 2. The Balaban J connectivity index is 1.79. The molecule has 4 rings (SSSR count). The molecule has 1 aromatic carbocycles. The first kappa shape index (κ1) is 13.4. The summed E-state index contributed by atoms with van der Waals surface area (Å²) in [5, 5.41) is 13.9. The van der Waals surface area contributed by atoms with E-state index in [1.807, 2.05) is 0 Å². The van der Waals surface area contributed by atoms with Gasteiger partial charge in [-0.3, -0.25) is 19.9 Å². The number of nitrogens with zero attached hydrogens (tertiary/aromatic N) is 2. The summed E-state index contributed by atoms with van der Waals surface area (Å²) in [5.74, 6) is -1.30. The van der Waals surface area contributed by atoms with Crippen LogP contribution in [0.1, 0.15) is 18.4 Å². The fourth-order valence-corrected chi connectivity index (χ4v) is 2.68. The third kappa shape index (κ3) is 1.99. The first-order chi connectivity index (χ1) is 10.6. The van der Waals surface area contributed by atoms with Crippen LogP contribution in [0.25, 0.3) is 0 Å². The molecule has 1 saturated carbocycles. The molecule has 2 aliphatic heterocycles. The molecule has 1 amide bonds. The summed E-state index contributed by atoms with van der Waals surface area (Å²) in [7, 11) is 0. The lowest BCUT2D eigenvalue weighted by atomic mass is 10.0. The molecule has 0 radical (unpaired) electrons. The highest BCUT2D eigenvalue weighted by molar-refractivity contribution is 6.00. The fourth-order valence-electron chi connectivity index (χ4n) is 2.68. The molecule has 22 heavy (non-hydrogen) atoms. The standard InChI is InChI=1S/C14H13N3O5/c18-13(8-1-2-8)16-11-6-9(17(19)20)5-10-12(11)15-7-14(10)21-3-4-22-14/h5-8H,1-4H2,(H,16,18). The number of hydrogen-bond acceptors (Lipinski definition) is 6. The smallest absolute Gasteiger partial charge is 0.272 e. The van der Waals surface area contributed by atoms with E-state index in [0.29, 0.717) is 30.2 Å². The van der Waals surface area contributed by atoms with E-state index in [1.54, 1.807) is 0 Å². The number of nitrogens with one attached hydrogen (secondary N) is 1. The molecule has 1 N–H and O–H groups in total. The van der Waals surface area contributed by atoms with Crippen molar-refractivity contribution in [2.24, 2.45) is 10.9 Å². The monoisotopic (exact) mass is 303 g/mol. The predicted molar refractivity (Wildman–Crippen MR) is 76.2 cm³/mol. The number of carbonyl (C=O) groups is 1. The van der Waals surface area contributed by atoms with Crippen molar-refractivity contribution in [2.45, 2.75) is 18.6 Å². The maximum atomic E-state index is 12.0. The molecule has 3 aliphatic rings. The first-order valence-corrected chi connectivity index (χ1v) is 7.06. The van der Waals surface area contributed by atoms with E-state index in [0.717, 1.165) is 12.8 Å². The van der Waals surface area contributed by atoms with Crippen molar-refractivity contribution in [3.8, 4) is 0 Å². The third-order valence-electron chi connectivity index (χ3n) is 3.97. The van der Waals surface area contributed by atoms with Crippen LogP contribution < -0.4 is 5.32 Å². The molecule has 8 heteroatoms. The highest BCUT2D eigenvalue weighted by atomic mass is 16.7. The zero-order chi connectivity index (χ0) is 15.3. The topological polar surface area (TPSA) is 103 Å². The summed E-state index contributed by atoms with van der Waals surface area (Å²) in [4.78, 5) is 26.9. The van der Waals surface area contributed by atoms with Crippen molar-refractivity contribution in [3.05, 3.63) is 27.8 Å². The number of rotatable bonds is 3. The molecule has 2 fully saturated rings. The zero-order valence-electron chi connectivity index (χ0n) is 11.6. The Bertz CT molecular complexity index is 705. The van der Waals surface area contributed by atoms with Crippen molar-refractivity contribution < 1.29 is 19.2 Å². The number of hydrogen-bond donors (Lipinski definition) is 1. The minimum atomic E-state index is -1.17. The van der Waals surface area contributed by atoms with Gasteiger partial charge in [-0.1, -0.05) is 0 Å². The quantitative estimate of drug-likeness (QED) is 0.678. The second-order valence-electron chi connectivity index (χ2n) is 5.53. The van der Waals surface area contributed by atoms with Crippen molar-refractivity contribution in [1.82, 2.24) is 0 Å². The van der Waals surface area contributed by atoms with Crippen LogP contribution in [0, 0.1) is 16.0 Å². The minimum absolute atomic E-state index is 0.00626. The Hall–Kier alpha value is -2.32. The van der Waals surface area contributed by atoms with E-state index >= 15 is 0 Å². The second kappa shape index (κ2) is 4.59. The van der Waals surface area contributed by atoms with Crippen molar-refractivity contribution in [2.75, 3.05) is 18.5 Å². The molecule has 0 bridgehead atoms. The SMILES string of the molecule is O=C(Nc1cc([N+](=O)[O-])cc2c1N=CC21OCCO1)C1CC1. The number of non-ortho nitro benzene ring substituents is 1. The molecule has 1 spiro atoms. The summed E-state index contributed by atoms with van der Waals surface area (Å²) in [6, 6.07) is 2.71. The van der Waals surface area contributed by atoms with Crippen LogP contribution in [0.3, 0.4) is 0 Å². The van der Waals surface area contributed by atoms with E-state index < -0.39 is 10.7 Å². The van der Waals surface area contributed by atoms with Crippen molar-refractivity contribution >= 4 is 29.2 Å². The number of amides is 1. The van der Waals surface area contributed by atoms with Gasteiger partial charge >= 0.3 is 0 Å². The minimum Gasteiger partial charge on any atom is -0.339 e. The van der Waals surface area contributed by atoms with E-state index in [2.05, 4.69) is 10.3 Å². The molecule has 8 nitrogen and oxygen atoms in total. The van der Waals surface area contributed by atoms with Crippen LogP contribution in [0.4, 0.5) is 17.1 Å². The van der Waals surface area contributed by atoms with Gasteiger partial charge in [0.25, 0.3) is 5.69 Å². The van der Waals surface area contributed by atoms with Gasteiger partial charge in [-0.2, -0.15) is 0 Å². The van der Waals surface area contributed by atoms with E-state index in [9.17, 15) is 14.9 Å². The Labute approximate surface area is 125 Å². The van der Waals surface area contributed by atoms with Gasteiger partial charge in [-0.25, -0.2) is 0 Å². The first-order valence-electron chi connectivity index (χ1n) is 7.06. The number of benzene rings is 1. The Morgan fingerprint density at radius 2 is 2.09 bits per heavy atom. The Morgan fingerprint density at radius 1 is 1.36 bits per heavy atom. The Morgan fingerprint density at radius 3 is 2.73 bits per heavy atom. The van der Waals surface area contributed by atoms with E-state index in [-0.39, 0.29) is 17.5 Å². The van der Waals surface area contributed by atoms with Gasteiger partial charge in [-0.05, 0) is 12.8 Å². The lowest BCUT2D eigenvalue weighted by Crippen LogP contribution is -2.26. The molecular weight excluding hydrogens is 290 g/mol. The summed E-state index contributed by atoms with van der Waals surface area (Å²) >= 11 is 0. The molecule has 0 aromatic heterocycles. The molecule has 114 valence electrons. The normalized spacial score (nSPS) is 21.1. The van der Waals surface area contributed by atoms with Crippen LogP contribution in [0.2, 0.25) is 0 Å². The van der Waals surface area contributed by atoms with Crippen LogP contribution in [0.15, 0.2) is 17.1 Å². The number of nitro groups is 1. The number of carbonyl (C=O) groups excluding carboxylic acids is 1. The molecule has 2 heterocycles. The average molecular weight is 303 g/mol. The molecule has 1 aliphatic carbocycles. The lowest BCUT2D eigenvalue weighted by Gasteiger charge is -2.20. The maximum Gasteiger partial charge on any atom is 0.272 e. The molecule has 1 saturated heterocycles. The summed E-state index contributed by atoms with van der Waals surface area (Å²) in [5.41, 5.74) is 1.12. The summed E-state index contributed by atoms with van der Waals surface area (Å²) < 4.78 is 11.2. The van der Waals surface area contributed by atoms with Crippen LogP contribution in [-0.4, -0.2) is 30.3 Å². The number of ether oxygens (including phenoxy) is 2. The van der Waals surface area contributed by atoms with Crippen LogP contribution >= 0.6 is 0 Å². The molecule has 0 unspecified atom stereocenters. The van der Waals surface area contributed by atoms with Gasteiger partial charge in [0.2, 0.25) is 11.7 Å². The van der Waals surface area contributed by atoms with Gasteiger partial charge in [0.15, 0.2) is 0 Å². The lowest BCUT2D eigenvalue weighted by molar-refractivity contribution is -0.385. The highest BCUT2D eigenvalue weighted by Gasteiger charge is 2.44. The van der Waals surface area contributed by atoms with Gasteiger partial charge in [-0.15, -0.1) is 0 Å². The van der Waals surface area contributed by atoms with E-state index in [1.165, 1.54) is 18.3 Å². The van der Waals surface area contributed by atoms with Gasteiger partial charge in [0.05, 0.1) is 41.3 Å². The van der Waals surface area contributed by atoms with Gasteiger partial charge in [0, 0.05) is 18.1 Å². The van der Waals surface area contributed by atoms with Crippen molar-refractivity contribution in [1.29, 1.82) is 0 Å². The third-order valence-corrected chi connectivity index (χ3v) is 3.97. The average Bonchev–Trinajstić information content (AvgIpc) is 3.15. The fraction of sp³-hybridized carbons (Fsp3) is 0.429. The summed E-state index contributed by atoms with van der Waals surface area (Å²) in [6.07, 6.45) is 3.19. The molecular formula is C14H13N3O5. The number of nitro benzene ring substituents is 1. The Kier molecular flexibility index (Phi) is 2.78. The predicted octanol–water partition coefficient (Wildman–Crippen LogP) is 1.86. The van der Waals surface area contributed by atoms with Crippen LogP contribution in [-0.2, 0) is 20.1 Å².